The molecule has 18 nitrogen and oxygen atoms in total. The third-order valence-corrected chi connectivity index (χ3v) is 15.7. The molecule has 2 saturated carbocycles. The molecule has 2 aromatic carbocycles. The smallest absolute Gasteiger partial charge is 0.338 e. The fraction of sp³-hybridized carbons (Fsp3) is 0.745. The standard InChI is InChI=1S/C55H86N4O14/c1-35-30-40(15-9-14-37-18-20-39(21-19-37)33-59-28-11-24-57-26-25-56-22-10-23-58-27-29-59)32-42(49(35)73-54-48(64)47(63)45(61)36(2)68-54)70-55-51(72-53(67)41-16-7-4-8-17-41)50(46(62)44(34-60)71-55)69-43(52(65)66)31-38-12-5-3-6-13-38/h4,7-8,16-21,35-36,38,40,42-51,54-58,60-64H,3,5-6,9-15,22-34H2,1-2H3,(H,65,66). The maximum absolute atomic E-state index is 13.9. The van der Waals surface area contributed by atoms with E-state index in [1.165, 1.54) is 11.1 Å². The Labute approximate surface area is 431 Å². The number of aliphatic carboxylic acids is 1. The van der Waals surface area contributed by atoms with Crippen LogP contribution in [0.15, 0.2) is 54.6 Å². The fourth-order valence-corrected chi connectivity index (χ4v) is 11.4. The van der Waals surface area contributed by atoms with Crippen LogP contribution in [0.4, 0.5) is 0 Å². The van der Waals surface area contributed by atoms with Crippen LogP contribution in [-0.2, 0) is 46.2 Å². The Morgan fingerprint density at radius 3 is 2.11 bits per heavy atom. The number of nitrogens with one attached hydrogen (secondary N) is 3. The van der Waals surface area contributed by atoms with E-state index in [1.807, 2.05) is 6.92 Å². The molecular weight excluding hydrogens is 941 g/mol. The van der Waals surface area contributed by atoms with Gasteiger partial charge in [-0.1, -0.05) is 87.9 Å². The minimum atomic E-state index is -1.62. The van der Waals surface area contributed by atoms with Crippen LogP contribution in [0.3, 0.4) is 0 Å². The van der Waals surface area contributed by atoms with Crippen LogP contribution in [0, 0.1) is 17.8 Å². The number of nitrogens with zero attached hydrogens (tertiary/aromatic N) is 1. The van der Waals surface area contributed by atoms with Crippen molar-refractivity contribution in [3.05, 3.63) is 71.3 Å². The van der Waals surface area contributed by atoms with E-state index in [0.717, 1.165) is 123 Å². The average Bonchev–Trinajstić information content (AvgIpc) is 3.39. The Kier molecular flexibility index (Phi) is 23.1. The van der Waals surface area contributed by atoms with Crippen molar-refractivity contribution >= 4 is 11.9 Å². The second-order valence-electron chi connectivity index (χ2n) is 21.3. The van der Waals surface area contributed by atoms with Gasteiger partial charge >= 0.3 is 11.9 Å². The van der Waals surface area contributed by atoms with Gasteiger partial charge in [0.15, 0.2) is 24.8 Å². The number of carboxylic acid groups (broad SMARTS) is 1. The largest absolute Gasteiger partial charge is 0.479 e. The summed E-state index contributed by atoms with van der Waals surface area (Å²) in [5, 5.41) is 75.9. The molecular formula is C55H86N4O14. The molecule has 0 radical (unpaired) electrons. The molecule has 3 aliphatic heterocycles. The summed E-state index contributed by atoms with van der Waals surface area (Å²) in [4.78, 5) is 29.3. The van der Waals surface area contributed by atoms with E-state index in [1.54, 1.807) is 37.3 Å². The van der Waals surface area contributed by atoms with Gasteiger partial charge in [0.05, 0.1) is 30.5 Å². The van der Waals surface area contributed by atoms with E-state index >= 15 is 0 Å². The number of aliphatic hydroxyl groups is 5. The van der Waals surface area contributed by atoms with E-state index in [2.05, 4.69) is 45.1 Å². The van der Waals surface area contributed by atoms with Gasteiger partial charge in [0.1, 0.15) is 36.6 Å². The second-order valence-corrected chi connectivity index (χ2v) is 21.3. The Morgan fingerprint density at radius 2 is 1.40 bits per heavy atom. The van der Waals surface area contributed by atoms with Crippen molar-refractivity contribution in [1.82, 2.24) is 20.9 Å². The normalized spacial score (nSPS) is 34.3. The number of carboxylic acids is 1. The van der Waals surface area contributed by atoms with E-state index in [4.69, 9.17) is 28.4 Å². The lowest BCUT2D eigenvalue weighted by Gasteiger charge is -2.48. The molecule has 2 aliphatic carbocycles. The van der Waals surface area contributed by atoms with Crippen molar-refractivity contribution in [3.63, 3.8) is 0 Å². The lowest BCUT2D eigenvalue weighted by Crippen LogP contribution is -2.64. The number of rotatable bonds is 18. The molecule has 5 aliphatic rings. The van der Waals surface area contributed by atoms with Crippen LogP contribution < -0.4 is 16.0 Å². The molecule has 2 aromatic rings. The van der Waals surface area contributed by atoms with Crippen LogP contribution in [0.2, 0.25) is 0 Å². The molecule has 0 bridgehead atoms. The van der Waals surface area contributed by atoms with E-state index in [9.17, 15) is 40.2 Å². The number of ether oxygens (including phenoxy) is 6. The third-order valence-electron chi connectivity index (χ3n) is 15.7. The highest BCUT2D eigenvalue weighted by molar-refractivity contribution is 5.89. The predicted octanol–water partition coefficient (Wildman–Crippen LogP) is 3.13. The van der Waals surface area contributed by atoms with Gasteiger partial charge in [0, 0.05) is 32.7 Å². The Hall–Kier alpha value is -3.18. The predicted molar refractivity (Wildman–Crippen MR) is 271 cm³/mol. The molecule has 0 aromatic heterocycles. The Bertz CT molecular complexity index is 1900. The minimum Gasteiger partial charge on any atom is -0.479 e. The first-order valence-corrected chi connectivity index (χ1v) is 27.4. The summed E-state index contributed by atoms with van der Waals surface area (Å²) in [7, 11) is 0. The van der Waals surface area contributed by atoms with Gasteiger partial charge in [0.25, 0.3) is 0 Å². The van der Waals surface area contributed by atoms with Crippen LogP contribution in [0.1, 0.15) is 112 Å². The third kappa shape index (κ3) is 16.9. The molecule has 0 amide bonds. The molecule has 73 heavy (non-hydrogen) atoms. The zero-order chi connectivity index (χ0) is 51.7. The van der Waals surface area contributed by atoms with Crippen LogP contribution >= 0.6 is 0 Å². The van der Waals surface area contributed by atoms with Crippen molar-refractivity contribution in [2.75, 3.05) is 59.0 Å². The van der Waals surface area contributed by atoms with Crippen molar-refractivity contribution in [2.45, 2.75) is 184 Å². The first kappa shape index (κ1) is 57.5. The monoisotopic (exact) mass is 1030 g/mol. The maximum Gasteiger partial charge on any atom is 0.338 e. The van der Waals surface area contributed by atoms with E-state index in [-0.39, 0.29) is 29.7 Å². The lowest BCUT2D eigenvalue weighted by molar-refractivity contribution is -0.349. The first-order chi connectivity index (χ1) is 35.4. The quantitative estimate of drug-likeness (QED) is 0.0974. The van der Waals surface area contributed by atoms with Gasteiger partial charge in [-0.2, -0.15) is 0 Å². The summed E-state index contributed by atoms with van der Waals surface area (Å²) in [6, 6.07) is 17.1. The number of hydrogen-bond acceptors (Lipinski definition) is 17. The minimum absolute atomic E-state index is 0.0854. The Balaban J connectivity index is 1.08. The van der Waals surface area contributed by atoms with Crippen LogP contribution in [-0.4, -0.2) is 186 Å². The number of benzene rings is 2. The maximum atomic E-state index is 13.9. The van der Waals surface area contributed by atoms with Crippen molar-refractivity contribution in [2.24, 2.45) is 17.8 Å². The number of hydrogen-bond donors (Lipinski definition) is 9. The van der Waals surface area contributed by atoms with Crippen LogP contribution in [0.25, 0.3) is 0 Å². The number of aryl methyl sites for hydroxylation is 1. The van der Waals surface area contributed by atoms with E-state index in [0.29, 0.717) is 12.8 Å². The molecule has 3 saturated heterocycles. The van der Waals surface area contributed by atoms with Crippen molar-refractivity contribution in [3.8, 4) is 0 Å². The average molecular weight is 1030 g/mol. The van der Waals surface area contributed by atoms with Crippen molar-refractivity contribution in [1.29, 1.82) is 0 Å². The molecule has 5 fully saturated rings. The van der Waals surface area contributed by atoms with Gasteiger partial charge in [0.2, 0.25) is 0 Å². The SMILES string of the molecule is CC1CC(CCCc2ccc(CN3CCCNCCNCCCNCC3)cc2)CC(OC2OC(CO)C(O)C(OC(CC3CCCCC3)C(=O)O)C2OC(=O)c2ccccc2)C1OC1OC(C)C(O)C(O)C1O. The zero-order valence-electron chi connectivity index (χ0n) is 43.1. The summed E-state index contributed by atoms with van der Waals surface area (Å²) in [5.74, 6) is -2.03. The van der Waals surface area contributed by atoms with Gasteiger partial charge in [-0.25, -0.2) is 9.59 Å². The summed E-state index contributed by atoms with van der Waals surface area (Å²) in [6.45, 7) is 11.7. The lowest BCUT2D eigenvalue weighted by atomic mass is 9.76. The molecule has 7 rings (SSSR count). The number of carbonyl (C=O) groups is 2. The molecule has 9 N–H and O–H groups in total. The Morgan fingerprint density at radius 1 is 0.699 bits per heavy atom. The molecule has 0 spiro atoms. The molecule has 410 valence electrons. The first-order valence-electron chi connectivity index (χ1n) is 27.4. The molecule has 15 unspecified atom stereocenters. The highest BCUT2D eigenvalue weighted by Gasteiger charge is 2.53. The summed E-state index contributed by atoms with van der Waals surface area (Å²) >= 11 is 0. The fourth-order valence-electron chi connectivity index (χ4n) is 11.4. The molecule has 15 atom stereocenters. The van der Waals surface area contributed by atoms with Gasteiger partial charge in [-0.3, -0.25) is 4.90 Å². The second kappa shape index (κ2) is 29.4. The van der Waals surface area contributed by atoms with Gasteiger partial charge in [-0.15, -0.1) is 0 Å². The number of aliphatic hydroxyl groups excluding tert-OH is 5. The summed E-state index contributed by atoms with van der Waals surface area (Å²) in [6.07, 6.45) is -6.28. The highest BCUT2D eigenvalue weighted by atomic mass is 16.7. The molecule has 18 heteroatoms. The van der Waals surface area contributed by atoms with Gasteiger partial charge < -0.3 is 75.0 Å². The summed E-state index contributed by atoms with van der Waals surface area (Å²) < 4.78 is 38.2. The highest BCUT2D eigenvalue weighted by Crippen LogP contribution is 2.41. The van der Waals surface area contributed by atoms with Crippen molar-refractivity contribution < 1.29 is 68.6 Å². The zero-order valence-corrected chi connectivity index (χ0v) is 43.1. The van der Waals surface area contributed by atoms with Crippen LogP contribution in [0.5, 0.6) is 0 Å². The summed E-state index contributed by atoms with van der Waals surface area (Å²) in [5.41, 5.74) is 2.71. The number of carbonyl (C=O) groups excluding carboxylic acids is 1. The van der Waals surface area contributed by atoms with Gasteiger partial charge in [-0.05, 0) is 119 Å². The number of esters is 1. The molecule has 3 heterocycles. The van der Waals surface area contributed by atoms with E-state index < -0.39 is 98.3 Å². The topological polar surface area (TPSA) is 250 Å².